The van der Waals surface area contributed by atoms with E-state index >= 15 is 0 Å². The summed E-state index contributed by atoms with van der Waals surface area (Å²) < 4.78 is 37.1. The van der Waals surface area contributed by atoms with Gasteiger partial charge in [0.05, 0.1) is 24.5 Å². The lowest BCUT2D eigenvalue weighted by Crippen LogP contribution is -2.42. The number of sulfonamides is 1. The molecule has 0 radical (unpaired) electrons. The van der Waals surface area contributed by atoms with Crippen molar-refractivity contribution in [3.8, 4) is 0 Å². The first-order chi connectivity index (χ1) is 13.1. The number of carbonyl (C=O) groups is 2. The Balaban J connectivity index is 1.76. The van der Waals surface area contributed by atoms with Gasteiger partial charge in [0.1, 0.15) is 0 Å². The maximum Gasteiger partial charge on any atom is 0.307 e. The van der Waals surface area contributed by atoms with Crippen molar-refractivity contribution in [1.82, 2.24) is 9.62 Å². The van der Waals surface area contributed by atoms with Gasteiger partial charge >= 0.3 is 5.97 Å². The number of ether oxygens (including phenoxy) is 2. The van der Waals surface area contributed by atoms with E-state index < -0.39 is 16.0 Å². The Morgan fingerprint density at radius 1 is 1.14 bits per heavy atom. The largest absolute Gasteiger partial charge is 0.456 e. The second-order valence-electron chi connectivity index (χ2n) is 7.58. The van der Waals surface area contributed by atoms with Gasteiger partial charge < -0.3 is 14.4 Å². The van der Waals surface area contributed by atoms with Gasteiger partial charge in [-0.15, -0.1) is 0 Å². The van der Waals surface area contributed by atoms with Gasteiger partial charge in [0.2, 0.25) is 10.0 Å². The molecular weight excluding hydrogens is 384 g/mol. The van der Waals surface area contributed by atoms with E-state index in [1.54, 1.807) is 29.2 Å². The molecule has 1 aromatic carbocycles. The molecule has 1 aliphatic heterocycles. The predicted molar refractivity (Wildman–Crippen MR) is 103 cm³/mol. The molecule has 9 heteroatoms. The minimum Gasteiger partial charge on any atom is -0.456 e. The third-order valence-electron chi connectivity index (χ3n) is 4.37. The number of benzene rings is 1. The van der Waals surface area contributed by atoms with Crippen molar-refractivity contribution in [3.05, 3.63) is 29.8 Å². The van der Waals surface area contributed by atoms with Crippen LogP contribution < -0.4 is 4.72 Å². The van der Waals surface area contributed by atoms with Gasteiger partial charge in [0.25, 0.3) is 5.91 Å². The smallest absolute Gasteiger partial charge is 0.307 e. The SMILES string of the molecule is CC(C)(C)c1ccc(S(=O)(=O)NCCC(=O)OCC(=O)N2CCOCC2)cc1. The van der Waals surface area contributed by atoms with E-state index in [-0.39, 0.29) is 35.8 Å². The van der Waals surface area contributed by atoms with Crippen LogP contribution in [0.25, 0.3) is 0 Å². The Labute approximate surface area is 166 Å². The van der Waals surface area contributed by atoms with Crippen LogP contribution in [0.4, 0.5) is 0 Å². The minimum atomic E-state index is -3.71. The van der Waals surface area contributed by atoms with Crippen molar-refractivity contribution in [2.24, 2.45) is 0 Å². The molecule has 1 fully saturated rings. The molecule has 0 atom stereocenters. The van der Waals surface area contributed by atoms with Crippen molar-refractivity contribution < 1.29 is 27.5 Å². The maximum absolute atomic E-state index is 12.3. The lowest BCUT2D eigenvalue weighted by atomic mass is 9.87. The number of nitrogens with zero attached hydrogens (tertiary/aromatic N) is 1. The first-order valence-electron chi connectivity index (χ1n) is 9.21. The van der Waals surface area contributed by atoms with Crippen LogP contribution in [0.1, 0.15) is 32.8 Å². The second-order valence-corrected chi connectivity index (χ2v) is 9.34. The maximum atomic E-state index is 12.3. The van der Waals surface area contributed by atoms with E-state index in [9.17, 15) is 18.0 Å². The fraction of sp³-hybridized carbons (Fsp3) is 0.579. The number of rotatable bonds is 7. The molecule has 1 aromatic rings. The van der Waals surface area contributed by atoms with Crippen LogP contribution in [0.3, 0.4) is 0 Å². The molecule has 1 heterocycles. The first-order valence-corrected chi connectivity index (χ1v) is 10.7. The summed E-state index contributed by atoms with van der Waals surface area (Å²) in [6, 6.07) is 6.64. The van der Waals surface area contributed by atoms with Gasteiger partial charge in [-0.2, -0.15) is 0 Å². The normalized spacial score (nSPS) is 15.3. The van der Waals surface area contributed by atoms with Crippen LogP contribution in [0.5, 0.6) is 0 Å². The van der Waals surface area contributed by atoms with E-state index in [1.165, 1.54) is 0 Å². The number of carbonyl (C=O) groups excluding carboxylic acids is 2. The third-order valence-corrected chi connectivity index (χ3v) is 5.85. The first kappa shape index (κ1) is 22.3. The summed E-state index contributed by atoms with van der Waals surface area (Å²) >= 11 is 0. The fourth-order valence-electron chi connectivity index (χ4n) is 2.62. The third kappa shape index (κ3) is 6.57. The molecule has 1 amide bonds. The van der Waals surface area contributed by atoms with Crippen molar-refractivity contribution >= 4 is 21.9 Å². The van der Waals surface area contributed by atoms with Crippen LogP contribution in [0, 0.1) is 0 Å². The molecule has 8 nitrogen and oxygen atoms in total. The molecule has 28 heavy (non-hydrogen) atoms. The van der Waals surface area contributed by atoms with E-state index in [0.717, 1.165) is 5.56 Å². The van der Waals surface area contributed by atoms with Gasteiger partial charge in [-0.3, -0.25) is 9.59 Å². The lowest BCUT2D eigenvalue weighted by Gasteiger charge is -2.26. The minimum absolute atomic E-state index is 0.0713. The predicted octanol–water partition coefficient (Wildman–Crippen LogP) is 1.05. The number of hydrogen-bond donors (Lipinski definition) is 1. The Kier molecular flexibility index (Phi) is 7.56. The van der Waals surface area contributed by atoms with E-state index in [0.29, 0.717) is 26.3 Å². The Bertz CT molecular complexity index is 778. The number of nitrogens with one attached hydrogen (secondary N) is 1. The van der Waals surface area contributed by atoms with Gasteiger partial charge in [-0.1, -0.05) is 32.9 Å². The molecule has 0 saturated carbocycles. The molecule has 0 spiro atoms. The number of hydrogen-bond acceptors (Lipinski definition) is 6. The fourth-order valence-corrected chi connectivity index (χ4v) is 3.66. The molecule has 0 bridgehead atoms. The zero-order valence-corrected chi connectivity index (χ0v) is 17.4. The zero-order valence-electron chi connectivity index (χ0n) is 16.6. The summed E-state index contributed by atoms with van der Waals surface area (Å²) in [7, 11) is -3.71. The summed E-state index contributed by atoms with van der Waals surface area (Å²) in [5.41, 5.74) is 0.956. The molecule has 1 aliphatic rings. The summed E-state index contributed by atoms with van der Waals surface area (Å²) in [4.78, 5) is 25.4. The molecule has 0 aromatic heterocycles. The Hall–Kier alpha value is -1.97. The second kappa shape index (κ2) is 9.49. The Morgan fingerprint density at radius 3 is 2.32 bits per heavy atom. The highest BCUT2D eigenvalue weighted by atomic mass is 32.2. The van der Waals surface area contributed by atoms with Crippen LogP contribution in [0.2, 0.25) is 0 Å². The highest BCUT2D eigenvalue weighted by Gasteiger charge is 2.20. The van der Waals surface area contributed by atoms with Gasteiger partial charge in [0.15, 0.2) is 6.61 Å². The lowest BCUT2D eigenvalue weighted by molar-refractivity contribution is -0.153. The summed E-state index contributed by atoms with van der Waals surface area (Å²) in [6.45, 7) is 7.58. The average Bonchev–Trinajstić information content (AvgIpc) is 2.66. The van der Waals surface area contributed by atoms with Crippen molar-refractivity contribution in [3.63, 3.8) is 0 Å². The number of esters is 1. The standard InChI is InChI=1S/C19H28N2O6S/c1-19(2,3)15-4-6-16(7-5-15)28(24,25)20-9-8-18(23)27-14-17(22)21-10-12-26-13-11-21/h4-7,20H,8-14H2,1-3H3. The van der Waals surface area contributed by atoms with Crippen LogP contribution in [-0.4, -0.2) is 64.6 Å². The monoisotopic (exact) mass is 412 g/mol. The Morgan fingerprint density at radius 2 is 1.75 bits per heavy atom. The van der Waals surface area contributed by atoms with E-state index in [4.69, 9.17) is 9.47 Å². The highest BCUT2D eigenvalue weighted by molar-refractivity contribution is 7.89. The molecule has 1 N–H and O–H groups in total. The summed E-state index contributed by atoms with van der Waals surface area (Å²) in [5.74, 6) is -0.913. The number of morpholine rings is 1. The van der Waals surface area contributed by atoms with Gasteiger partial charge in [-0.05, 0) is 23.1 Å². The topological polar surface area (TPSA) is 102 Å². The molecular formula is C19H28N2O6S. The van der Waals surface area contributed by atoms with E-state index in [2.05, 4.69) is 4.72 Å². The molecule has 0 aliphatic carbocycles. The molecule has 1 saturated heterocycles. The average molecular weight is 413 g/mol. The molecule has 2 rings (SSSR count). The zero-order chi connectivity index (χ0) is 20.8. The molecule has 0 unspecified atom stereocenters. The van der Waals surface area contributed by atoms with Crippen molar-refractivity contribution in [2.45, 2.75) is 37.5 Å². The van der Waals surface area contributed by atoms with Crippen molar-refractivity contribution in [2.75, 3.05) is 39.5 Å². The van der Waals surface area contributed by atoms with Crippen molar-refractivity contribution in [1.29, 1.82) is 0 Å². The molecule has 156 valence electrons. The van der Waals surface area contributed by atoms with Crippen LogP contribution in [0.15, 0.2) is 29.2 Å². The number of amides is 1. The summed E-state index contributed by atoms with van der Waals surface area (Å²) in [5, 5.41) is 0. The quantitative estimate of drug-likeness (QED) is 0.672. The highest BCUT2D eigenvalue weighted by Crippen LogP contribution is 2.23. The van der Waals surface area contributed by atoms with Gasteiger partial charge in [0, 0.05) is 19.6 Å². The van der Waals surface area contributed by atoms with E-state index in [1.807, 2.05) is 20.8 Å². The summed E-state index contributed by atoms with van der Waals surface area (Å²) in [6.07, 6.45) is -0.157. The van der Waals surface area contributed by atoms with Crippen LogP contribution in [-0.2, 0) is 34.5 Å². The van der Waals surface area contributed by atoms with Crippen LogP contribution >= 0.6 is 0 Å². The van der Waals surface area contributed by atoms with Gasteiger partial charge in [-0.25, -0.2) is 13.1 Å².